The van der Waals surface area contributed by atoms with E-state index in [4.69, 9.17) is 29.0 Å². The second kappa shape index (κ2) is 6.25. The van der Waals surface area contributed by atoms with Gasteiger partial charge in [0.2, 0.25) is 0 Å². The van der Waals surface area contributed by atoms with E-state index in [1.54, 1.807) is 6.07 Å². The van der Waals surface area contributed by atoms with Crippen molar-refractivity contribution in [3.05, 3.63) is 33.8 Å². The van der Waals surface area contributed by atoms with E-state index in [-0.39, 0.29) is 11.5 Å². The molecule has 0 saturated carbocycles. The fraction of sp³-hybridized carbons (Fsp3) is 0.571. The summed E-state index contributed by atoms with van der Waals surface area (Å²) in [5.74, 6) is 6.17. The summed E-state index contributed by atoms with van der Waals surface area (Å²) in [7, 11) is 0. The van der Waals surface area contributed by atoms with E-state index in [0.717, 1.165) is 12.0 Å². The molecule has 0 amide bonds. The molecule has 2 nitrogen and oxygen atoms in total. The normalized spacial score (nSPS) is 15.5. The van der Waals surface area contributed by atoms with E-state index >= 15 is 0 Å². The molecule has 102 valence electrons. The van der Waals surface area contributed by atoms with Gasteiger partial charge in [-0.25, -0.2) is 0 Å². The summed E-state index contributed by atoms with van der Waals surface area (Å²) in [6, 6.07) is 5.67. The van der Waals surface area contributed by atoms with E-state index in [0.29, 0.717) is 16.0 Å². The molecular formula is C14H22Cl2N2. The van der Waals surface area contributed by atoms with Gasteiger partial charge in [-0.2, -0.15) is 0 Å². The fourth-order valence-corrected chi connectivity index (χ4v) is 2.22. The second-order valence-corrected chi connectivity index (χ2v) is 6.65. The number of nitrogens with two attached hydrogens (primary N) is 1. The summed E-state index contributed by atoms with van der Waals surface area (Å²) in [6.07, 6.45) is 0.917. The average Bonchev–Trinajstić information content (AvgIpc) is 2.28. The third-order valence-corrected chi connectivity index (χ3v) is 4.46. The average molecular weight is 289 g/mol. The van der Waals surface area contributed by atoms with Crippen LogP contribution >= 0.6 is 23.2 Å². The highest BCUT2D eigenvalue weighted by Crippen LogP contribution is 2.36. The van der Waals surface area contributed by atoms with Gasteiger partial charge < -0.3 is 0 Å². The maximum absolute atomic E-state index is 6.24. The Kier molecular flexibility index (Phi) is 5.47. The second-order valence-electron chi connectivity index (χ2n) is 5.87. The number of benzene rings is 1. The van der Waals surface area contributed by atoms with Crippen molar-refractivity contribution < 1.29 is 0 Å². The quantitative estimate of drug-likeness (QED) is 0.629. The van der Waals surface area contributed by atoms with E-state index in [1.807, 2.05) is 12.1 Å². The Balaban J connectivity index is 2.94. The van der Waals surface area contributed by atoms with Crippen LogP contribution < -0.4 is 11.3 Å². The Morgan fingerprint density at radius 2 is 1.89 bits per heavy atom. The zero-order valence-corrected chi connectivity index (χ0v) is 12.9. The van der Waals surface area contributed by atoms with E-state index < -0.39 is 0 Å². The minimum absolute atomic E-state index is 0.0189. The highest BCUT2D eigenvalue weighted by Gasteiger charge is 2.25. The number of halogens is 2. The molecule has 0 aliphatic heterocycles. The fourth-order valence-electron chi connectivity index (χ4n) is 1.78. The van der Waals surface area contributed by atoms with Crippen molar-refractivity contribution in [3.8, 4) is 0 Å². The number of hydrogen-bond donors (Lipinski definition) is 2. The van der Waals surface area contributed by atoms with Crippen LogP contribution in [0, 0.1) is 11.3 Å². The summed E-state index contributed by atoms with van der Waals surface area (Å²) >= 11 is 12.3. The van der Waals surface area contributed by atoms with Crippen LogP contribution in [-0.2, 0) is 0 Å². The molecule has 0 aliphatic rings. The lowest BCUT2D eigenvalue weighted by molar-refractivity contribution is 0.223. The van der Waals surface area contributed by atoms with Gasteiger partial charge >= 0.3 is 0 Å². The van der Waals surface area contributed by atoms with Gasteiger partial charge in [-0.15, -0.1) is 0 Å². The number of nitrogens with one attached hydrogen (secondary N) is 1. The number of hydrogen-bond acceptors (Lipinski definition) is 2. The standard InChI is InChI=1S/C14H22Cl2N2/c1-9(14(2,3)4)8-12(18-17)10-6-5-7-11(15)13(10)16/h5-7,9,12,18H,8,17H2,1-4H3. The van der Waals surface area contributed by atoms with Crippen LogP contribution in [0.3, 0.4) is 0 Å². The SMILES string of the molecule is CC(CC(NN)c1cccc(Cl)c1Cl)C(C)(C)C. The highest BCUT2D eigenvalue weighted by atomic mass is 35.5. The van der Waals surface area contributed by atoms with Crippen LogP contribution in [0.4, 0.5) is 0 Å². The number of rotatable bonds is 4. The molecule has 1 rings (SSSR count). The molecule has 0 spiro atoms. The molecule has 18 heavy (non-hydrogen) atoms. The van der Waals surface area contributed by atoms with Crippen LogP contribution in [0.2, 0.25) is 10.0 Å². The van der Waals surface area contributed by atoms with Crippen molar-refractivity contribution in [2.24, 2.45) is 17.2 Å². The van der Waals surface area contributed by atoms with Crippen molar-refractivity contribution in [2.75, 3.05) is 0 Å². The van der Waals surface area contributed by atoms with Crippen LogP contribution in [0.25, 0.3) is 0 Å². The first-order valence-corrected chi connectivity index (χ1v) is 6.93. The third-order valence-electron chi connectivity index (χ3n) is 3.63. The molecule has 0 aromatic heterocycles. The van der Waals surface area contributed by atoms with Crippen molar-refractivity contribution >= 4 is 23.2 Å². The van der Waals surface area contributed by atoms with Gasteiger partial charge in [-0.05, 0) is 29.4 Å². The molecule has 0 bridgehead atoms. The van der Waals surface area contributed by atoms with Crippen LogP contribution in [0.1, 0.15) is 45.7 Å². The predicted molar refractivity (Wildman–Crippen MR) is 79.8 cm³/mol. The van der Waals surface area contributed by atoms with Crippen molar-refractivity contribution in [2.45, 2.75) is 40.2 Å². The first kappa shape index (κ1) is 15.8. The van der Waals surface area contributed by atoms with Crippen molar-refractivity contribution in [1.82, 2.24) is 5.43 Å². The number of hydrazine groups is 1. The Morgan fingerprint density at radius 1 is 1.28 bits per heavy atom. The Bertz CT molecular complexity index is 399. The Labute approximate surface area is 120 Å². The molecule has 0 fully saturated rings. The molecule has 4 heteroatoms. The highest BCUT2D eigenvalue weighted by molar-refractivity contribution is 6.42. The zero-order valence-electron chi connectivity index (χ0n) is 11.4. The molecule has 0 radical (unpaired) electrons. The predicted octanol–water partition coefficient (Wildman–Crippen LogP) is 4.57. The van der Waals surface area contributed by atoms with E-state index in [2.05, 4.69) is 33.1 Å². The van der Waals surface area contributed by atoms with Gasteiger partial charge in [0.25, 0.3) is 0 Å². The molecule has 2 unspecified atom stereocenters. The van der Waals surface area contributed by atoms with Gasteiger partial charge in [0.05, 0.1) is 10.0 Å². The molecule has 2 atom stereocenters. The third kappa shape index (κ3) is 3.86. The smallest absolute Gasteiger partial charge is 0.0640 e. The Morgan fingerprint density at radius 3 is 2.39 bits per heavy atom. The first-order valence-electron chi connectivity index (χ1n) is 6.17. The van der Waals surface area contributed by atoms with Crippen LogP contribution in [-0.4, -0.2) is 0 Å². The molecule has 0 saturated heterocycles. The van der Waals surface area contributed by atoms with E-state index in [9.17, 15) is 0 Å². The molecule has 1 aromatic rings. The summed E-state index contributed by atoms with van der Waals surface area (Å²) in [5, 5.41) is 1.15. The zero-order chi connectivity index (χ0) is 13.9. The van der Waals surface area contributed by atoms with Crippen molar-refractivity contribution in [3.63, 3.8) is 0 Å². The largest absolute Gasteiger partial charge is 0.271 e. The molecular weight excluding hydrogens is 267 g/mol. The molecule has 0 heterocycles. The maximum atomic E-state index is 6.24. The minimum atomic E-state index is 0.0189. The summed E-state index contributed by atoms with van der Waals surface area (Å²) in [4.78, 5) is 0. The molecule has 0 aliphatic carbocycles. The molecule has 3 N–H and O–H groups in total. The van der Waals surface area contributed by atoms with Crippen molar-refractivity contribution in [1.29, 1.82) is 0 Å². The van der Waals surface area contributed by atoms with Gasteiger partial charge in [0, 0.05) is 6.04 Å². The van der Waals surface area contributed by atoms with E-state index in [1.165, 1.54) is 0 Å². The summed E-state index contributed by atoms with van der Waals surface area (Å²) in [5.41, 5.74) is 4.04. The topological polar surface area (TPSA) is 38.0 Å². The van der Waals surface area contributed by atoms with Gasteiger partial charge in [0.15, 0.2) is 0 Å². The van der Waals surface area contributed by atoms with Crippen LogP contribution in [0.15, 0.2) is 18.2 Å². The molecule has 1 aromatic carbocycles. The lowest BCUT2D eigenvalue weighted by Gasteiger charge is -2.31. The summed E-state index contributed by atoms with van der Waals surface area (Å²) in [6.45, 7) is 8.91. The monoisotopic (exact) mass is 288 g/mol. The minimum Gasteiger partial charge on any atom is -0.271 e. The van der Waals surface area contributed by atoms with Gasteiger partial charge in [-0.3, -0.25) is 11.3 Å². The lowest BCUT2D eigenvalue weighted by Crippen LogP contribution is -2.32. The summed E-state index contributed by atoms with van der Waals surface area (Å²) < 4.78 is 0. The first-order chi connectivity index (χ1) is 8.27. The van der Waals surface area contributed by atoms with Crippen LogP contribution in [0.5, 0.6) is 0 Å². The van der Waals surface area contributed by atoms with Gasteiger partial charge in [0.1, 0.15) is 0 Å². The van der Waals surface area contributed by atoms with Gasteiger partial charge in [-0.1, -0.05) is 63.0 Å². The maximum Gasteiger partial charge on any atom is 0.0640 e. The lowest BCUT2D eigenvalue weighted by atomic mass is 9.77. The Hall–Kier alpha value is -0.280.